The lowest BCUT2D eigenvalue weighted by atomic mass is 10.3. The van der Waals surface area contributed by atoms with Gasteiger partial charge in [0.1, 0.15) is 6.26 Å². The molecule has 0 spiro atoms. The Kier molecular flexibility index (Phi) is 5.37. The van der Waals surface area contributed by atoms with Crippen molar-refractivity contribution >= 4 is 21.9 Å². The summed E-state index contributed by atoms with van der Waals surface area (Å²) in [5, 5.41) is 1.00. The number of furan rings is 1. The molecule has 3 nitrogen and oxygen atoms in total. The summed E-state index contributed by atoms with van der Waals surface area (Å²) in [7, 11) is 0. The fourth-order valence-electron chi connectivity index (χ4n) is 1.00. The first-order chi connectivity index (χ1) is 6.84. The molecule has 0 aliphatic heterocycles. The Morgan fingerprint density at radius 2 is 2.29 bits per heavy atom. The summed E-state index contributed by atoms with van der Waals surface area (Å²) in [5.41, 5.74) is 0.477. The highest BCUT2D eigenvalue weighted by atomic mass is 79.9. The highest BCUT2D eigenvalue weighted by molar-refractivity contribution is 9.09. The summed E-state index contributed by atoms with van der Waals surface area (Å²) in [6.07, 6.45) is 5.95. The van der Waals surface area contributed by atoms with Crippen molar-refractivity contribution < 1.29 is 13.9 Å². The van der Waals surface area contributed by atoms with Crippen LogP contribution in [0.2, 0.25) is 0 Å². The number of rotatable bonds is 6. The summed E-state index contributed by atoms with van der Waals surface area (Å²) in [5.74, 6) is -0.308. The van der Waals surface area contributed by atoms with Gasteiger partial charge in [0.05, 0.1) is 18.4 Å². The standard InChI is InChI=1S/C10H13BrO3/c11-5-2-1-3-6-14-10(12)9-4-7-13-8-9/h4,7-8H,1-3,5-6H2. The SMILES string of the molecule is O=C(OCCCCCBr)c1ccoc1. The van der Waals surface area contributed by atoms with Crippen molar-refractivity contribution in [2.75, 3.05) is 11.9 Å². The van der Waals surface area contributed by atoms with Crippen molar-refractivity contribution in [2.24, 2.45) is 0 Å². The lowest BCUT2D eigenvalue weighted by Crippen LogP contribution is -2.05. The maximum absolute atomic E-state index is 11.2. The van der Waals surface area contributed by atoms with Crippen LogP contribution < -0.4 is 0 Å². The van der Waals surface area contributed by atoms with E-state index in [4.69, 9.17) is 9.15 Å². The quantitative estimate of drug-likeness (QED) is 0.449. The lowest BCUT2D eigenvalue weighted by Gasteiger charge is -2.01. The first-order valence-corrected chi connectivity index (χ1v) is 5.72. The van der Waals surface area contributed by atoms with E-state index in [1.54, 1.807) is 6.07 Å². The maximum atomic E-state index is 11.2. The van der Waals surface area contributed by atoms with Crippen LogP contribution in [0.3, 0.4) is 0 Å². The Labute approximate surface area is 91.6 Å². The summed E-state index contributed by atoms with van der Waals surface area (Å²) in [6, 6.07) is 1.60. The molecule has 4 heteroatoms. The minimum absolute atomic E-state index is 0.308. The molecular formula is C10H13BrO3. The fourth-order valence-corrected chi connectivity index (χ4v) is 1.40. The van der Waals surface area contributed by atoms with Crippen molar-refractivity contribution in [3.8, 4) is 0 Å². The summed E-state index contributed by atoms with van der Waals surface area (Å²) >= 11 is 3.34. The van der Waals surface area contributed by atoms with E-state index in [2.05, 4.69) is 15.9 Å². The molecule has 0 saturated heterocycles. The Morgan fingerprint density at radius 1 is 1.43 bits per heavy atom. The van der Waals surface area contributed by atoms with E-state index in [1.807, 2.05) is 0 Å². The smallest absolute Gasteiger partial charge is 0.341 e. The van der Waals surface area contributed by atoms with E-state index in [0.29, 0.717) is 12.2 Å². The molecule has 1 rings (SSSR count). The molecule has 0 saturated carbocycles. The number of hydrogen-bond acceptors (Lipinski definition) is 3. The molecule has 0 atom stereocenters. The van der Waals surface area contributed by atoms with Crippen molar-refractivity contribution in [3.05, 3.63) is 24.2 Å². The molecule has 0 N–H and O–H groups in total. The third-order valence-corrected chi connectivity index (χ3v) is 2.33. The molecule has 0 radical (unpaired) electrons. The van der Waals surface area contributed by atoms with Crippen molar-refractivity contribution in [1.29, 1.82) is 0 Å². The van der Waals surface area contributed by atoms with Crippen LogP contribution in [-0.2, 0) is 4.74 Å². The second-order valence-electron chi connectivity index (χ2n) is 2.90. The molecule has 0 aliphatic rings. The van der Waals surface area contributed by atoms with Crippen LogP contribution in [-0.4, -0.2) is 17.9 Å². The fraction of sp³-hybridized carbons (Fsp3) is 0.500. The molecule has 78 valence electrons. The minimum Gasteiger partial charge on any atom is -0.472 e. The van der Waals surface area contributed by atoms with E-state index in [9.17, 15) is 4.79 Å². The highest BCUT2D eigenvalue weighted by Gasteiger charge is 2.06. The third kappa shape index (κ3) is 3.96. The van der Waals surface area contributed by atoms with Crippen molar-refractivity contribution in [3.63, 3.8) is 0 Å². The zero-order valence-electron chi connectivity index (χ0n) is 7.87. The summed E-state index contributed by atoms with van der Waals surface area (Å²) < 4.78 is 9.79. The third-order valence-electron chi connectivity index (χ3n) is 1.77. The minimum atomic E-state index is -0.308. The monoisotopic (exact) mass is 260 g/mol. The first-order valence-electron chi connectivity index (χ1n) is 4.60. The van der Waals surface area contributed by atoms with Gasteiger partial charge in [-0.2, -0.15) is 0 Å². The predicted molar refractivity (Wildman–Crippen MR) is 56.6 cm³/mol. The largest absolute Gasteiger partial charge is 0.472 e. The zero-order valence-corrected chi connectivity index (χ0v) is 9.46. The molecule has 0 amide bonds. The molecule has 0 unspecified atom stereocenters. The molecule has 0 aromatic carbocycles. The second kappa shape index (κ2) is 6.65. The normalized spacial score (nSPS) is 10.1. The predicted octanol–water partition coefficient (Wildman–Crippen LogP) is 3.00. The number of esters is 1. The van der Waals surface area contributed by atoms with Crippen LogP contribution in [0.15, 0.2) is 23.0 Å². The highest BCUT2D eigenvalue weighted by Crippen LogP contribution is 2.04. The topological polar surface area (TPSA) is 39.4 Å². The van der Waals surface area contributed by atoms with Gasteiger partial charge in [-0.25, -0.2) is 4.79 Å². The Hall–Kier alpha value is -0.770. The average molecular weight is 261 g/mol. The van der Waals surface area contributed by atoms with Gasteiger partial charge in [0, 0.05) is 5.33 Å². The van der Waals surface area contributed by atoms with Gasteiger partial charge in [0.25, 0.3) is 0 Å². The van der Waals surface area contributed by atoms with Gasteiger partial charge in [-0.15, -0.1) is 0 Å². The van der Waals surface area contributed by atoms with Gasteiger partial charge in [0.2, 0.25) is 0 Å². The first kappa shape index (κ1) is 11.3. The number of halogens is 1. The molecule has 0 aliphatic carbocycles. The number of ether oxygens (including phenoxy) is 1. The van der Waals surface area contributed by atoms with E-state index in [0.717, 1.165) is 24.6 Å². The molecule has 1 heterocycles. The van der Waals surface area contributed by atoms with Gasteiger partial charge < -0.3 is 9.15 Å². The van der Waals surface area contributed by atoms with Crippen molar-refractivity contribution in [1.82, 2.24) is 0 Å². The zero-order chi connectivity index (χ0) is 10.2. The molecule has 14 heavy (non-hydrogen) atoms. The van der Waals surface area contributed by atoms with Crippen LogP contribution in [0.25, 0.3) is 0 Å². The average Bonchev–Trinajstić information content (AvgIpc) is 2.70. The molecule has 1 aromatic heterocycles. The second-order valence-corrected chi connectivity index (χ2v) is 3.69. The number of hydrogen-bond donors (Lipinski definition) is 0. The van der Waals surface area contributed by atoms with Gasteiger partial charge in [-0.05, 0) is 25.3 Å². The molecule has 0 fully saturated rings. The Balaban J connectivity index is 2.10. The molecule has 0 bridgehead atoms. The molecular weight excluding hydrogens is 248 g/mol. The van der Waals surface area contributed by atoms with Gasteiger partial charge in [0.15, 0.2) is 0 Å². The van der Waals surface area contributed by atoms with Crippen LogP contribution in [0.4, 0.5) is 0 Å². The number of carbonyl (C=O) groups excluding carboxylic acids is 1. The van der Waals surface area contributed by atoms with Gasteiger partial charge in [-0.1, -0.05) is 15.9 Å². The summed E-state index contributed by atoms with van der Waals surface area (Å²) in [6.45, 7) is 0.483. The van der Waals surface area contributed by atoms with E-state index in [1.165, 1.54) is 12.5 Å². The van der Waals surface area contributed by atoms with Crippen LogP contribution >= 0.6 is 15.9 Å². The number of alkyl halides is 1. The number of carbonyl (C=O) groups is 1. The lowest BCUT2D eigenvalue weighted by molar-refractivity contribution is 0.0497. The molecule has 1 aromatic rings. The van der Waals surface area contributed by atoms with Crippen LogP contribution in [0.1, 0.15) is 29.6 Å². The Bertz CT molecular complexity index is 256. The van der Waals surface area contributed by atoms with E-state index < -0.39 is 0 Å². The van der Waals surface area contributed by atoms with Gasteiger partial charge in [-0.3, -0.25) is 0 Å². The van der Waals surface area contributed by atoms with E-state index >= 15 is 0 Å². The Morgan fingerprint density at radius 3 is 2.93 bits per heavy atom. The van der Waals surface area contributed by atoms with Gasteiger partial charge >= 0.3 is 5.97 Å². The summed E-state index contributed by atoms with van der Waals surface area (Å²) in [4.78, 5) is 11.2. The van der Waals surface area contributed by atoms with Crippen LogP contribution in [0.5, 0.6) is 0 Å². The van der Waals surface area contributed by atoms with Crippen molar-refractivity contribution in [2.45, 2.75) is 19.3 Å². The van der Waals surface area contributed by atoms with E-state index in [-0.39, 0.29) is 5.97 Å². The maximum Gasteiger partial charge on any atom is 0.341 e. The number of unbranched alkanes of at least 4 members (excludes halogenated alkanes) is 2. The van der Waals surface area contributed by atoms with Crippen LogP contribution in [0, 0.1) is 0 Å².